The summed E-state index contributed by atoms with van der Waals surface area (Å²) < 4.78 is 0. The quantitative estimate of drug-likeness (QED) is 0.704. The fourth-order valence-electron chi connectivity index (χ4n) is 3.58. The fourth-order valence-corrected chi connectivity index (χ4v) is 3.58. The smallest absolute Gasteiger partial charge is 0.122 e. The van der Waals surface area contributed by atoms with E-state index in [0.29, 0.717) is 5.75 Å². The Morgan fingerprint density at radius 3 is 1.67 bits per heavy atom. The van der Waals surface area contributed by atoms with Crippen LogP contribution in [0.2, 0.25) is 0 Å². The predicted octanol–water partition coefficient (Wildman–Crippen LogP) is 6.13. The second kappa shape index (κ2) is 6.27. The van der Waals surface area contributed by atoms with Gasteiger partial charge >= 0.3 is 0 Å². The second-order valence-corrected chi connectivity index (χ2v) is 8.34. The first-order chi connectivity index (χ1) is 10.9. The Morgan fingerprint density at radius 2 is 1.21 bits per heavy atom. The van der Waals surface area contributed by atoms with Crippen LogP contribution in [0.15, 0.2) is 12.1 Å². The van der Waals surface area contributed by atoms with Crippen LogP contribution in [0, 0.1) is 41.5 Å². The molecule has 0 spiro atoms. The van der Waals surface area contributed by atoms with Gasteiger partial charge in [0.05, 0.1) is 0 Å². The lowest BCUT2D eigenvalue weighted by Gasteiger charge is -2.24. The van der Waals surface area contributed by atoms with Crippen molar-refractivity contribution in [3.63, 3.8) is 0 Å². The van der Waals surface area contributed by atoms with Crippen molar-refractivity contribution in [2.45, 2.75) is 74.1 Å². The third-order valence-corrected chi connectivity index (χ3v) is 5.70. The van der Waals surface area contributed by atoms with Crippen molar-refractivity contribution in [3.05, 3.63) is 62.2 Å². The van der Waals surface area contributed by atoms with E-state index in [2.05, 4.69) is 67.5 Å². The summed E-state index contributed by atoms with van der Waals surface area (Å²) in [5.41, 5.74) is 11.7. The third-order valence-electron chi connectivity index (χ3n) is 5.70. The molecule has 24 heavy (non-hydrogen) atoms. The molecule has 130 valence electrons. The van der Waals surface area contributed by atoms with Gasteiger partial charge in [-0.3, -0.25) is 0 Å². The lowest BCUT2D eigenvalue weighted by molar-refractivity contribution is 0.442. The molecule has 2 aromatic carbocycles. The van der Waals surface area contributed by atoms with E-state index in [1.807, 2.05) is 6.92 Å². The molecule has 0 aliphatic rings. The van der Waals surface area contributed by atoms with Crippen LogP contribution in [0.1, 0.15) is 70.8 Å². The zero-order chi connectivity index (χ0) is 18.4. The molecule has 2 aromatic rings. The van der Waals surface area contributed by atoms with E-state index in [1.165, 1.54) is 38.9 Å². The number of hydrogen-bond donors (Lipinski definition) is 1. The van der Waals surface area contributed by atoms with Gasteiger partial charge in [0.2, 0.25) is 0 Å². The van der Waals surface area contributed by atoms with E-state index in [1.54, 1.807) is 0 Å². The molecule has 0 atom stereocenters. The minimum absolute atomic E-state index is 0.0615. The van der Waals surface area contributed by atoms with Crippen LogP contribution in [0.5, 0.6) is 5.75 Å². The van der Waals surface area contributed by atoms with Crippen LogP contribution >= 0.6 is 0 Å². The van der Waals surface area contributed by atoms with Crippen LogP contribution in [0.25, 0.3) is 0 Å². The maximum atomic E-state index is 10.5. The molecule has 0 aliphatic heterocycles. The van der Waals surface area contributed by atoms with Gasteiger partial charge in [-0.15, -0.1) is 0 Å². The summed E-state index contributed by atoms with van der Waals surface area (Å²) in [6.45, 7) is 19.6. The van der Waals surface area contributed by atoms with Gasteiger partial charge in [-0.05, 0) is 103 Å². The van der Waals surface area contributed by atoms with Crippen LogP contribution in [-0.4, -0.2) is 5.11 Å². The van der Waals surface area contributed by atoms with Crippen molar-refractivity contribution in [1.29, 1.82) is 0 Å². The average Bonchev–Trinajstić information content (AvgIpc) is 2.49. The molecule has 0 fully saturated rings. The first-order valence-corrected chi connectivity index (χ1v) is 8.84. The molecule has 1 heteroatoms. The number of hydrogen-bond acceptors (Lipinski definition) is 1. The number of aryl methyl sites for hydroxylation is 1. The SMILES string of the molecule is Cc1cc(Cc2c(C)c(C)c(C)c(C)c2C)cc(C(C)(C)C)c1O. The van der Waals surface area contributed by atoms with Crippen molar-refractivity contribution in [2.75, 3.05) is 0 Å². The van der Waals surface area contributed by atoms with Crippen LogP contribution < -0.4 is 0 Å². The highest BCUT2D eigenvalue weighted by Gasteiger charge is 2.21. The molecule has 0 aliphatic carbocycles. The van der Waals surface area contributed by atoms with Crippen LogP contribution in [0.3, 0.4) is 0 Å². The zero-order valence-electron chi connectivity index (χ0n) is 16.8. The summed E-state index contributed by atoms with van der Waals surface area (Å²) in [5.74, 6) is 0.441. The summed E-state index contributed by atoms with van der Waals surface area (Å²) in [4.78, 5) is 0. The number of aromatic hydroxyl groups is 1. The Labute approximate surface area is 147 Å². The number of phenols is 1. The topological polar surface area (TPSA) is 20.2 Å². The van der Waals surface area contributed by atoms with Crippen molar-refractivity contribution in [2.24, 2.45) is 0 Å². The summed E-state index contributed by atoms with van der Waals surface area (Å²) in [5, 5.41) is 10.5. The van der Waals surface area contributed by atoms with Crippen molar-refractivity contribution < 1.29 is 5.11 Å². The second-order valence-electron chi connectivity index (χ2n) is 8.34. The molecule has 0 amide bonds. The minimum Gasteiger partial charge on any atom is -0.507 e. The molecule has 0 saturated carbocycles. The Kier molecular flexibility index (Phi) is 4.86. The molecule has 1 nitrogen and oxygen atoms in total. The van der Waals surface area contributed by atoms with Gasteiger partial charge in [-0.25, -0.2) is 0 Å². The van der Waals surface area contributed by atoms with Gasteiger partial charge in [0.25, 0.3) is 0 Å². The lowest BCUT2D eigenvalue weighted by Crippen LogP contribution is -2.13. The van der Waals surface area contributed by atoms with Crippen molar-refractivity contribution >= 4 is 0 Å². The summed E-state index contributed by atoms with van der Waals surface area (Å²) in [7, 11) is 0. The van der Waals surface area contributed by atoms with Gasteiger partial charge in [0, 0.05) is 0 Å². The predicted molar refractivity (Wildman–Crippen MR) is 104 cm³/mol. The molecule has 0 aromatic heterocycles. The molecule has 0 bridgehead atoms. The first-order valence-electron chi connectivity index (χ1n) is 8.84. The van der Waals surface area contributed by atoms with Gasteiger partial charge in [0.1, 0.15) is 5.75 Å². The summed E-state index contributed by atoms with van der Waals surface area (Å²) in [6, 6.07) is 4.32. The molecule has 0 radical (unpaired) electrons. The normalized spacial score (nSPS) is 11.9. The summed E-state index contributed by atoms with van der Waals surface area (Å²) >= 11 is 0. The van der Waals surface area contributed by atoms with Gasteiger partial charge < -0.3 is 5.11 Å². The summed E-state index contributed by atoms with van der Waals surface area (Å²) in [6.07, 6.45) is 0.920. The van der Waals surface area contributed by atoms with Crippen LogP contribution in [-0.2, 0) is 11.8 Å². The Balaban J connectivity index is 2.60. The van der Waals surface area contributed by atoms with Gasteiger partial charge in [0.15, 0.2) is 0 Å². The molecule has 0 unspecified atom stereocenters. The molecule has 2 rings (SSSR count). The van der Waals surface area contributed by atoms with Crippen LogP contribution in [0.4, 0.5) is 0 Å². The monoisotopic (exact) mass is 324 g/mol. The Morgan fingerprint density at radius 1 is 0.750 bits per heavy atom. The molecular weight excluding hydrogens is 292 g/mol. The highest BCUT2D eigenvalue weighted by molar-refractivity contribution is 5.53. The van der Waals surface area contributed by atoms with Gasteiger partial charge in [-0.2, -0.15) is 0 Å². The molecule has 1 N–H and O–H groups in total. The van der Waals surface area contributed by atoms with E-state index < -0.39 is 0 Å². The maximum absolute atomic E-state index is 10.5. The standard InChI is InChI=1S/C23H32O/c1-13-10-19(12-21(22(13)24)23(7,8)9)11-20-17(5)15(3)14(2)16(4)18(20)6/h10,12,24H,11H2,1-9H3. The lowest BCUT2D eigenvalue weighted by atomic mass is 9.82. The molecule has 0 saturated heterocycles. The molecule has 0 heterocycles. The molecular formula is C23H32O. The maximum Gasteiger partial charge on any atom is 0.122 e. The number of phenolic OH excluding ortho intramolecular Hbond substituents is 1. The average molecular weight is 325 g/mol. The van der Waals surface area contributed by atoms with Crippen molar-refractivity contribution in [3.8, 4) is 5.75 Å². The van der Waals surface area contributed by atoms with E-state index in [4.69, 9.17) is 0 Å². The first kappa shape index (κ1) is 18.6. The zero-order valence-corrected chi connectivity index (χ0v) is 16.8. The number of benzene rings is 2. The van der Waals surface area contributed by atoms with Gasteiger partial charge in [-0.1, -0.05) is 32.9 Å². The highest BCUT2D eigenvalue weighted by atomic mass is 16.3. The van der Waals surface area contributed by atoms with E-state index in [0.717, 1.165) is 17.5 Å². The van der Waals surface area contributed by atoms with Crippen molar-refractivity contribution in [1.82, 2.24) is 0 Å². The Bertz CT molecular complexity index is 760. The fraction of sp³-hybridized carbons (Fsp3) is 0.478. The van der Waals surface area contributed by atoms with E-state index in [-0.39, 0.29) is 5.41 Å². The van der Waals surface area contributed by atoms with E-state index in [9.17, 15) is 5.11 Å². The highest BCUT2D eigenvalue weighted by Crippen LogP contribution is 2.35. The minimum atomic E-state index is -0.0615. The Hall–Kier alpha value is -1.76. The largest absolute Gasteiger partial charge is 0.507 e. The number of rotatable bonds is 2. The van der Waals surface area contributed by atoms with E-state index >= 15 is 0 Å². The third kappa shape index (κ3) is 3.22.